The van der Waals surface area contributed by atoms with Crippen LogP contribution in [-0.4, -0.2) is 33.9 Å². The van der Waals surface area contributed by atoms with Crippen molar-refractivity contribution in [1.29, 1.82) is 0 Å². The van der Waals surface area contributed by atoms with E-state index in [2.05, 4.69) is 10.6 Å². The van der Waals surface area contributed by atoms with Gasteiger partial charge in [-0.2, -0.15) is 0 Å². The Morgan fingerprint density at radius 1 is 0.829 bits per heavy atom. The van der Waals surface area contributed by atoms with Gasteiger partial charge in [0.1, 0.15) is 12.6 Å². The van der Waals surface area contributed by atoms with Gasteiger partial charge in [-0.25, -0.2) is 0 Å². The number of carbonyl (C=O) groups excluding carboxylic acids is 2. The fourth-order valence-electron chi connectivity index (χ4n) is 4.95. The molecule has 0 spiro atoms. The Kier molecular flexibility index (Phi) is 5.42. The number of amides is 2. The molecule has 2 heterocycles. The first-order chi connectivity index (χ1) is 17.1. The molecule has 2 aliphatic rings. The highest BCUT2D eigenvalue weighted by molar-refractivity contribution is 6.30. The Hall–Kier alpha value is -3.83. The molecular weight excluding hydrogens is 458 g/mol. The lowest BCUT2D eigenvalue weighted by Crippen LogP contribution is -2.47. The zero-order chi connectivity index (χ0) is 23.9. The van der Waals surface area contributed by atoms with Crippen LogP contribution in [0.5, 0.6) is 0 Å². The summed E-state index contributed by atoms with van der Waals surface area (Å²) in [7, 11) is 0. The summed E-state index contributed by atoms with van der Waals surface area (Å²) in [6, 6.07) is 28.7. The van der Waals surface area contributed by atoms with Crippen LogP contribution in [0, 0.1) is 0 Å². The van der Waals surface area contributed by atoms with Crippen LogP contribution in [-0.2, 0) is 4.79 Å². The van der Waals surface area contributed by atoms with Crippen molar-refractivity contribution in [2.45, 2.75) is 24.9 Å². The van der Waals surface area contributed by atoms with Crippen LogP contribution in [0.2, 0.25) is 5.02 Å². The Bertz CT molecular complexity index is 1390. The maximum Gasteiger partial charge on any atom is 0.254 e. The highest BCUT2D eigenvalue weighted by Gasteiger charge is 2.40. The van der Waals surface area contributed by atoms with E-state index in [1.54, 1.807) is 29.2 Å². The van der Waals surface area contributed by atoms with E-state index in [9.17, 15) is 9.59 Å². The lowest BCUT2D eigenvalue weighted by Gasteiger charge is -2.39. The fraction of sp³-hybridized carbons (Fsp3) is 0.172. The monoisotopic (exact) mass is 481 g/mol. The minimum atomic E-state index is -0.291. The van der Waals surface area contributed by atoms with Crippen LogP contribution in [0.1, 0.15) is 40.5 Å². The van der Waals surface area contributed by atoms with Crippen LogP contribution >= 0.6 is 11.6 Å². The zero-order valence-corrected chi connectivity index (χ0v) is 19.8. The van der Waals surface area contributed by atoms with Gasteiger partial charge < -0.3 is 9.47 Å². The molecule has 1 aliphatic carbocycles. The Balaban J connectivity index is 1.40. The number of hydrogen-bond acceptors (Lipinski definition) is 2. The third-order valence-corrected chi connectivity index (χ3v) is 7.00. The fourth-order valence-corrected chi connectivity index (χ4v) is 5.07. The molecule has 1 saturated carbocycles. The Morgan fingerprint density at radius 3 is 2.23 bits per heavy atom. The summed E-state index contributed by atoms with van der Waals surface area (Å²) in [6.45, 7) is 0.0184. The molecule has 4 aromatic rings. The van der Waals surface area contributed by atoms with E-state index >= 15 is 0 Å². The predicted molar refractivity (Wildman–Crippen MR) is 137 cm³/mol. The molecule has 0 N–H and O–H groups in total. The third-order valence-electron chi connectivity index (χ3n) is 6.75. The number of carbonyl (C=O) groups is 2. The molecule has 5 nitrogen and oxygen atoms in total. The second kappa shape index (κ2) is 8.75. The average molecular weight is 482 g/mol. The second-order valence-electron chi connectivity index (χ2n) is 9.04. The normalized spacial score (nSPS) is 16.4. The first-order valence-corrected chi connectivity index (χ1v) is 12.2. The predicted octanol–water partition coefficient (Wildman–Crippen LogP) is 5.87. The van der Waals surface area contributed by atoms with Gasteiger partial charge in [-0.3, -0.25) is 14.5 Å². The van der Waals surface area contributed by atoms with E-state index in [0.29, 0.717) is 10.6 Å². The van der Waals surface area contributed by atoms with Crippen molar-refractivity contribution in [3.63, 3.8) is 0 Å². The SMILES string of the molecule is O=C(c1ccc(Cl)cc1)N(CC(=O)N1c2ccccc2-n2cccc2C1c1ccccc1)C1CC1. The maximum atomic E-state index is 14.1. The number of benzene rings is 3. The van der Waals surface area contributed by atoms with Crippen LogP contribution < -0.4 is 4.90 Å². The molecule has 0 saturated heterocycles. The number of nitrogens with zero attached hydrogens (tertiary/aromatic N) is 3. The Morgan fingerprint density at radius 2 is 1.51 bits per heavy atom. The largest absolute Gasteiger partial charge is 0.326 e. The average Bonchev–Trinajstić information content (AvgIpc) is 3.62. The molecule has 174 valence electrons. The summed E-state index contributed by atoms with van der Waals surface area (Å²) in [5.41, 5.74) is 4.38. The van der Waals surface area contributed by atoms with E-state index in [4.69, 9.17) is 11.6 Å². The molecule has 35 heavy (non-hydrogen) atoms. The molecule has 0 bridgehead atoms. The highest BCUT2D eigenvalue weighted by atomic mass is 35.5. The summed E-state index contributed by atoms with van der Waals surface area (Å²) in [4.78, 5) is 31.1. The van der Waals surface area contributed by atoms with Crippen molar-refractivity contribution >= 4 is 29.1 Å². The van der Waals surface area contributed by atoms with Gasteiger partial charge in [0.05, 0.1) is 17.1 Å². The van der Waals surface area contributed by atoms with E-state index in [0.717, 1.165) is 35.5 Å². The van der Waals surface area contributed by atoms with Crippen molar-refractivity contribution in [3.8, 4) is 5.69 Å². The van der Waals surface area contributed by atoms with Crippen molar-refractivity contribution in [2.24, 2.45) is 0 Å². The lowest BCUT2D eigenvalue weighted by molar-refractivity contribution is -0.119. The number of aromatic nitrogens is 1. The standard InChI is InChI=1S/C29H24ClN3O2/c30-22-14-12-21(13-15-22)29(35)32(23-16-17-23)19-27(34)33-25-10-5-4-9-24(25)31-18-6-11-26(31)28(33)20-7-2-1-3-8-20/h1-15,18,23,28H,16-17,19H2. The van der Waals surface area contributed by atoms with Crippen LogP contribution in [0.4, 0.5) is 5.69 Å². The van der Waals surface area contributed by atoms with Gasteiger partial charge >= 0.3 is 0 Å². The smallest absolute Gasteiger partial charge is 0.254 e. The van der Waals surface area contributed by atoms with Crippen molar-refractivity contribution in [1.82, 2.24) is 9.47 Å². The molecule has 1 atom stereocenters. The first kappa shape index (κ1) is 21.7. The van der Waals surface area contributed by atoms with Crippen LogP contribution in [0.15, 0.2) is 97.2 Å². The number of hydrogen-bond donors (Lipinski definition) is 0. The zero-order valence-electron chi connectivity index (χ0n) is 19.0. The number of rotatable bonds is 5. The molecule has 1 unspecified atom stereocenters. The van der Waals surface area contributed by atoms with E-state index in [-0.39, 0.29) is 30.4 Å². The van der Waals surface area contributed by atoms with Crippen molar-refractivity contribution < 1.29 is 9.59 Å². The third kappa shape index (κ3) is 3.92. The molecule has 3 aromatic carbocycles. The van der Waals surface area contributed by atoms with Gasteiger partial charge in [0.15, 0.2) is 0 Å². The summed E-state index contributed by atoms with van der Waals surface area (Å²) in [6.07, 6.45) is 3.86. The Labute approximate surface area is 209 Å². The van der Waals surface area contributed by atoms with Crippen molar-refractivity contribution in [2.75, 3.05) is 11.4 Å². The molecular formula is C29H24ClN3O2. The van der Waals surface area contributed by atoms with Gasteiger partial charge in [-0.1, -0.05) is 54.1 Å². The maximum absolute atomic E-state index is 14.1. The van der Waals surface area contributed by atoms with Crippen LogP contribution in [0.3, 0.4) is 0 Å². The molecule has 0 radical (unpaired) electrons. The summed E-state index contributed by atoms with van der Waals surface area (Å²) < 4.78 is 2.15. The summed E-state index contributed by atoms with van der Waals surface area (Å²) >= 11 is 6.02. The van der Waals surface area contributed by atoms with Gasteiger partial charge in [-0.05, 0) is 66.9 Å². The second-order valence-corrected chi connectivity index (χ2v) is 9.48. The molecule has 1 aliphatic heterocycles. The number of halogens is 1. The van der Waals surface area contributed by atoms with Gasteiger partial charge in [0.25, 0.3) is 5.91 Å². The van der Waals surface area contributed by atoms with E-state index in [1.165, 1.54) is 0 Å². The quantitative estimate of drug-likeness (QED) is 0.358. The number of anilines is 1. The minimum absolute atomic E-state index is 0.0184. The topological polar surface area (TPSA) is 45.6 Å². The number of para-hydroxylation sites is 2. The molecule has 2 amide bonds. The van der Waals surface area contributed by atoms with Gasteiger partial charge in [0, 0.05) is 22.8 Å². The summed E-state index contributed by atoms with van der Waals surface area (Å²) in [5.74, 6) is -0.240. The highest BCUT2D eigenvalue weighted by Crippen LogP contribution is 2.42. The van der Waals surface area contributed by atoms with Crippen molar-refractivity contribution in [3.05, 3.63) is 119 Å². The molecule has 1 aromatic heterocycles. The molecule has 6 rings (SSSR count). The lowest BCUT2D eigenvalue weighted by atomic mass is 9.97. The van der Waals surface area contributed by atoms with E-state index in [1.807, 2.05) is 71.8 Å². The number of fused-ring (bicyclic) bond motifs is 3. The van der Waals surface area contributed by atoms with Gasteiger partial charge in [-0.15, -0.1) is 0 Å². The minimum Gasteiger partial charge on any atom is -0.326 e. The molecule has 1 fully saturated rings. The van der Waals surface area contributed by atoms with Gasteiger partial charge in [0.2, 0.25) is 5.91 Å². The molecule has 6 heteroatoms. The first-order valence-electron chi connectivity index (χ1n) is 11.8. The van der Waals surface area contributed by atoms with E-state index < -0.39 is 0 Å². The summed E-state index contributed by atoms with van der Waals surface area (Å²) in [5, 5.41) is 0.578. The van der Waals surface area contributed by atoms with Crippen LogP contribution in [0.25, 0.3) is 5.69 Å².